The van der Waals surface area contributed by atoms with Crippen LogP contribution in [-0.2, 0) is 4.79 Å². The van der Waals surface area contributed by atoms with Gasteiger partial charge in [0.2, 0.25) is 5.91 Å². The van der Waals surface area contributed by atoms with Gasteiger partial charge in [-0.3, -0.25) is 9.69 Å². The Kier molecular flexibility index (Phi) is 5.63. The number of hydrogen-bond donors (Lipinski definition) is 1. The first-order valence-electron chi connectivity index (χ1n) is 8.42. The minimum absolute atomic E-state index is 0.0206. The van der Waals surface area contributed by atoms with Gasteiger partial charge in [-0.15, -0.1) is 11.3 Å². The number of amides is 1. The Morgan fingerprint density at radius 3 is 2.62 bits per heavy atom. The maximum atomic E-state index is 13.2. The number of benzene rings is 1. The molecule has 128 valence electrons. The highest BCUT2D eigenvalue weighted by Crippen LogP contribution is 2.26. The number of piperidine rings is 1. The number of likely N-dealkylation sites (tertiary alicyclic amines) is 1. The van der Waals surface area contributed by atoms with Gasteiger partial charge < -0.3 is 5.32 Å². The number of nitrogens with zero attached hydrogens (tertiary/aromatic N) is 1. The maximum absolute atomic E-state index is 13.2. The summed E-state index contributed by atoms with van der Waals surface area (Å²) in [6.45, 7) is 4.65. The van der Waals surface area contributed by atoms with E-state index in [4.69, 9.17) is 0 Å². The summed E-state index contributed by atoms with van der Waals surface area (Å²) in [4.78, 5) is 15.8. The molecule has 1 aromatic heterocycles. The molecule has 1 saturated heterocycles. The molecule has 3 rings (SSSR count). The van der Waals surface area contributed by atoms with Crippen LogP contribution in [-0.4, -0.2) is 30.4 Å². The van der Waals surface area contributed by atoms with Crippen molar-refractivity contribution in [2.75, 3.05) is 19.6 Å². The van der Waals surface area contributed by atoms with Gasteiger partial charge in [-0.1, -0.05) is 25.1 Å². The molecule has 1 fully saturated rings. The van der Waals surface area contributed by atoms with E-state index >= 15 is 0 Å². The fourth-order valence-corrected chi connectivity index (χ4v) is 3.86. The molecule has 2 heterocycles. The predicted octanol–water partition coefficient (Wildman–Crippen LogP) is 3.82. The minimum atomic E-state index is -0.266. The lowest BCUT2D eigenvalue weighted by Crippen LogP contribution is -2.42. The summed E-state index contributed by atoms with van der Waals surface area (Å²) in [5, 5.41) is 5.11. The van der Waals surface area contributed by atoms with E-state index in [9.17, 15) is 9.18 Å². The molecule has 1 N–H and O–H groups in total. The van der Waals surface area contributed by atoms with Gasteiger partial charge in [-0.2, -0.15) is 0 Å². The van der Waals surface area contributed by atoms with Crippen molar-refractivity contribution >= 4 is 17.2 Å². The number of hydrogen-bond acceptors (Lipinski definition) is 3. The first-order chi connectivity index (χ1) is 11.6. The largest absolute Gasteiger partial charge is 0.343 e. The third-order valence-corrected chi connectivity index (χ3v) is 5.52. The molecule has 0 radical (unpaired) electrons. The number of carbonyl (C=O) groups is 1. The lowest BCUT2D eigenvalue weighted by atomic mass is 9.99. The Morgan fingerprint density at radius 1 is 1.29 bits per heavy atom. The molecule has 0 bridgehead atoms. The van der Waals surface area contributed by atoms with Crippen LogP contribution in [0.15, 0.2) is 41.8 Å². The van der Waals surface area contributed by atoms with Gasteiger partial charge in [0.05, 0.1) is 12.6 Å². The van der Waals surface area contributed by atoms with Crippen LogP contribution >= 0.6 is 11.3 Å². The van der Waals surface area contributed by atoms with Crippen LogP contribution in [0.2, 0.25) is 0 Å². The van der Waals surface area contributed by atoms with Crippen molar-refractivity contribution < 1.29 is 9.18 Å². The second kappa shape index (κ2) is 7.90. The Morgan fingerprint density at radius 2 is 2.00 bits per heavy atom. The third-order valence-electron chi connectivity index (χ3n) is 4.58. The van der Waals surface area contributed by atoms with Gasteiger partial charge in [-0.05, 0) is 61.0 Å². The summed E-state index contributed by atoms with van der Waals surface area (Å²) in [6, 6.07) is 10.1. The number of rotatable bonds is 5. The van der Waals surface area contributed by atoms with Crippen molar-refractivity contribution in [1.82, 2.24) is 10.2 Å². The smallest absolute Gasteiger partial charge is 0.234 e. The number of halogens is 1. The minimum Gasteiger partial charge on any atom is -0.343 e. The van der Waals surface area contributed by atoms with E-state index in [-0.39, 0.29) is 17.8 Å². The average Bonchev–Trinajstić information content (AvgIpc) is 3.10. The predicted molar refractivity (Wildman–Crippen MR) is 95.5 cm³/mol. The molecule has 24 heavy (non-hydrogen) atoms. The summed E-state index contributed by atoms with van der Waals surface area (Å²) < 4.78 is 13.2. The van der Waals surface area contributed by atoms with Gasteiger partial charge in [0.15, 0.2) is 0 Å². The lowest BCUT2D eigenvalue weighted by Gasteiger charge is -2.30. The Hall–Kier alpha value is -1.72. The zero-order chi connectivity index (χ0) is 16.9. The summed E-state index contributed by atoms with van der Waals surface area (Å²) in [5.41, 5.74) is 0.902. The van der Waals surface area contributed by atoms with E-state index in [1.807, 2.05) is 17.5 Å². The van der Waals surface area contributed by atoms with E-state index in [0.29, 0.717) is 6.54 Å². The van der Waals surface area contributed by atoms with Gasteiger partial charge >= 0.3 is 0 Å². The number of carbonyl (C=O) groups excluding carboxylic acids is 1. The summed E-state index contributed by atoms with van der Waals surface area (Å²) in [5.74, 6) is 0.507. The van der Waals surface area contributed by atoms with Crippen LogP contribution in [0.5, 0.6) is 0 Å². The Bertz CT molecular complexity index is 649. The SMILES string of the molecule is CC1CCN(CC(=O)N[C@@H](c2ccc(F)cc2)c2cccs2)CC1. The highest BCUT2D eigenvalue weighted by Gasteiger charge is 2.21. The number of nitrogens with one attached hydrogen (secondary N) is 1. The molecule has 3 nitrogen and oxygen atoms in total. The van der Waals surface area contributed by atoms with Crippen LogP contribution in [0.4, 0.5) is 4.39 Å². The Balaban J connectivity index is 1.68. The van der Waals surface area contributed by atoms with Gasteiger partial charge in [0.1, 0.15) is 5.82 Å². The highest BCUT2D eigenvalue weighted by atomic mass is 32.1. The van der Waals surface area contributed by atoms with Crippen LogP contribution in [0.1, 0.15) is 36.2 Å². The first-order valence-corrected chi connectivity index (χ1v) is 9.30. The fourth-order valence-electron chi connectivity index (χ4n) is 3.06. The molecule has 0 unspecified atom stereocenters. The van der Waals surface area contributed by atoms with Crippen LogP contribution in [0.25, 0.3) is 0 Å². The average molecular weight is 346 g/mol. The first kappa shape index (κ1) is 17.1. The molecule has 1 amide bonds. The van der Waals surface area contributed by atoms with Crippen molar-refractivity contribution in [3.8, 4) is 0 Å². The van der Waals surface area contributed by atoms with Crippen molar-refractivity contribution in [3.05, 3.63) is 58.0 Å². The Labute approximate surface area is 146 Å². The molecule has 0 saturated carbocycles. The van der Waals surface area contributed by atoms with Crippen molar-refractivity contribution in [2.24, 2.45) is 5.92 Å². The normalized spacial score (nSPS) is 17.6. The summed E-state index contributed by atoms with van der Waals surface area (Å²) in [7, 11) is 0. The second-order valence-corrected chi connectivity index (χ2v) is 7.51. The van der Waals surface area contributed by atoms with Gasteiger partial charge in [0, 0.05) is 4.88 Å². The van der Waals surface area contributed by atoms with Crippen LogP contribution in [0.3, 0.4) is 0 Å². The van der Waals surface area contributed by atoms with Crippen LogP contribution in [0, 0.1) is 11.7 Å². The fraction of sp³-hybridized carbons (Fsp3) is 0.421. The van der Waals surface area contributed by atoms with E-state index in [1.165, 1.54) is 12.1 Å². The van der Waals surface area contributed by atoms with E-state index < -0.39 is 0 Å². The summed E-state index contributed by atoms with van der Waals surface area (Å²) in [6.07, 6.45) is 2.30. The van der Waals surface area contributed by atoms with E-state index in [2.05, 4.69) is 17.1 Å². The quantitative estimate of drug-likeness (QED) is 0.892. The molecule has 0 spiro atoms. The second-order valence-electron chi connectivity index (χ2n) is 6.53. The van der Waals surface area contributed by atoms with Gasteiger partial charge in [0.25, 0.3) is 0 Å². The standard InChI is InChI=1S/C19H23FN2OS/c1-14-8-10-22(11-9-14)13-18(23)21-19(17-3-2-12-24-17)15-4-6-16(20)7-5-15/h2-7,12,14,19H,8-11,13H2,1H3,(H,21,23)/t19-/m0/s1. The van der Waals surface area contributed by atoms with E-state index in [1.54, 1.807) is 23.5 Å². The third kappa shape index (κ3) is 4.42. The molecular weight excluding hydrogens is 323 g/mol. The van der Waals surface area contributed by atoms with Gasteiger partial charge in [-0.25, -0.2) is 4.39 Å². The maximum Gasteiger partial charge on any atom is 0.234 e. The summed E-state index contributed by atoms with van der Waals surface area (Å²) >= 11 is 1.60. The van der Waals surface area contributed by atoms with Crippen molar-refractivity contribution in [3.63, 3.8) is 0 Å². The molecule has 1 atom stereocenters. The van der Waals surface area contributed by atoms with Crippen molar-refractivity contribution in [2.45, 2.75) is 25.8 Å². The molecule has 1 aliphatic rings. The molecule has 1 aliphatic heterocycles. The molecule has 5 heteroatoms. The molecule has 2 aromatic rings. The van der Waals surface area contributed by atoms with Crippen molar-refractivity contribution in [1.29, 1.82) is 0 Å². The molecule has 0 aliphatic carbocycles. The number of thiophene rings is 1. The zero-order valence-electron chi connectivity index (χ0n) is 13.9. The zero-order valence-corrected chi connectivity index (χ0v) is 14.7. The molecule has 1 aromatic carbocycles. The van der Waals surface area contributed by atoms with Crippen LogP contribution < -0.4 is 5.32 Å². The lowest BCUT2D eigenvalue weighted by molar-refractivity contribution is -0.123. The highest BCUT2D eigenvalue weighted by molar-refractivity contribution is 7.10. The monoisotopic (exact) mass is 346 g/mol. The molecular formula is C19H23FN2OS. The topological polar surface area (TPSA) is 32.3 Å². The van der Waals surface area contributed by atoms with E-state index in [0.717, 1.165) is 42.3 Å².